The third-order valence-electron chi connectivity index (χ3n) is 4.02. The predicted octanol–water partition coefficient (Wildman–Crippen LogP) is 3.36. The van der Waals surface area contributed by atoms with Gasteiger partial charge in [0.05, 0.1) is 12.6 Å². The van der Waals surface area contributed by atoms with Gasteiger partial charge in [0.2, 0.25) is 5.91 Å². The number of carbonyl (C=O) groups is 2. The van der Waals surface area contributed by atoms with E-state index in [2.05, 4.69) is 19.2 Å². The Bertz CT molecular complexity index is 527. The van der Waals surface area contributed by atoms with Gasteiger partial charge in [0.15, 0.2) is 0 Å². The number of halogens is 1. The fourth-order valence-corrected chi connectivity index (χ4v) is 2.67. The number of hydrogen-bond donors (Lipinski definition) is 2. The van der Waals surface area contributed by atoms with E-state index in [4.69, 9.17) is 5.11 Å². The third-order valence-corrected chi connectivity index (χ3v) is 4.02. The van der Waals surface area contributed by atoms with E-state index in [0.29, 0.717) is 6.54 Å². The van der Waals surface area contributed by atoms with Crippen LogP contribution in [-0.2, 0) is 22.4 Å². The number of carboxylic acid groups (broad SMARTS) is 1. The summed E-state index contributed by atoms with van der Waals surface area (Å²) in [4.78, 5) is 25.3. The fourth-order valence-electron chi connectivity index (χ4n) is 2.67. The van der Waals surface area contributed by atoms with Crippen LogP contribution in [0.1, 0.15) is 45.2 Å². The number of hydrogen-bond acceptors (Lipinski definition) is 3. The van der Waals surface area contributed by atoms with E-state index >= 15 is 0 Å². The molecule has 5 nitrogen and oxygen atoms in total. The Morgan fingerprint density at radius 3 is 2.12 bits per heavy atom. The van der Waals surface area contributed by atoms with E-state index < -0.39 is 12.0 Å². The molecule has 1 aromatic carbocycles. The lowest BCUT2D eigenvalue weighted by Crippen LogP contribution is -2.45. The lowest BCUT2D eigenvalue weighted by molar-refractivity contribution is -0.139. The van der Waals surface area contributed by atoms with Crippen molar-refractivity contribution >= 4 is 30.0 Å². The van der Waals surface area contributed by atoms with Crippen molar-refractivity contribution in [3.63, 3.8) is 0 Å². The van der Waals surface area contributed by atoms with E-state index in [0.717, 1.165) is 36.1 Å². The molecule has 1 aromatic rings. The van der Waals surface area contributed by atoms with Crippen LogP contribution in [0.15, 0.2) is 18.2 Å². The van der Waals surface area contributed by atoms with Crippen molar-refractivity contribution in [2.24, 2.45) is 0 Å². The number of aliphatic carboxylic acids is 1. The first kappa shape index (κ1) is 22.4. The number of para-hydroxylation sites is 1. The maximum atomic E-state index is 12.6. The number of carbonyl (C=O) groups excluding carboxylic acids is 1. The number of nitrogens with zero attached hydrogens (tertiary/aromatic N) is 1. The Hall–Kier alpha value is -1.59. The number of rotatable bonds is 9. The van der Waals surface area contributed by atoms with Gasteiger partial charge < -0.3 is 10.4 Å². The van der Waals surface area contributed by atoms with Gasteiger partial charge in [0, 0.05) is 5.69 Å². The molecular formula is C18H29ClN2O3. The topological polar surface area (TPSA) is 69.6 Å². The van der Waals surface area contributed by atoms with E-state index in [1.54, 1.807) is 11.8 Å². The zero-order chi connectivity index (χ0) is 17.4. The summed E-state index contributed by atoms with van der Waals surface area (Å²) in [5.74, 6) is -1.07. The van der Waals surface area contributed by atoms with Crippen LogP contribution >= 0.6 is 12.4 Å². The van der Waals surface area contributed by atoms with Crippen LogP contribution < -0.4 is 5.32 Å². The van der Waals surface area contributed by atoms with Crippen molar-refractivity contribution < 1.29 is 14.7 Å². The standard InChI is InChI=1S/C18H28N2O3.ClH/c1-5-11-20(12-16(21)22)13(4)18(23)19-17-14(6-2)9-8-10-15(17)7-3;/h8-10,13H,5-7,11-12H2,1-4H3,(H,19,23)(H,21,22);1H. The van der Waals surface area contributed by atoms with Crippen molar-refractivity contribution in [2.75, 3.05) is 18.4 Å². The summed E-state index contributed by atoms with van der Waals surface area (Å²) in [6.07, 6.45) is 2.48. The van der Waals surface area contributed by atoms with Gasteiger partial charge in [0.25, 0.3) is 0 Å². The van der Waals surface area contributed by atoms with Crippen molar-refractivity contribution in [3.8, 4) is 0 Å². The van der Waals surface area contributed by atoms with Crippen LogP contribution in [0.25, 0.3) is 0 Å². The second-order valence-corrected chi connectivity index (χ2v) is 5.69. The van der Waals surface area contributed by atoms with Crippen molar-refractivity contribution in [3.05, 3.63) is 29.3 Å². The normalized spacial score (nSPS) is 11.7. The Kier molecular flexibility index (Phi) is 10.3. The summed E-state index contributed by atoms with van der Waals surface area (Å²) in [6, 6.07) is 5.55. The molecule has 1 unspecified atom stereocenters. The quantitative estimate of drug-likeness (QED) is 0.711. The molecule has 136 valence electrons. The van der Waals surface area contributed by atoms with Crippen LogP contribution in [0, 0.1) is 0 Å². The molecule has 0 spiro atoms. The molecule has 0 bridgehead atoms. The zero-order valence-electron chi connectivity index (χ0n) is 15.0. The van der Waals surface area contributed by atoms with E-state index in [1.165, 1.54) is 0 Å². The molecule has 0 radical (unpaired) electrons. The van der Waals surface area contributed by atoms with Gasteiger partial charge in [-0.1, -0.05) is 39.0 Å². The molecule has 6 heteroatoms. The van der Waals surface area contributed by atoms with E-state index in [1.807, 2.05) is 25.1 Å². The minimum Gasteiger partial charge on any atom is -0.480 e. The van der Waals surface area contributed by atoms with Gasteiger partial charge >= 0.3 is 5.97 Å². The molecule has 1 amide bonds. The highest BCUT2D eigenvalue weighted by atomic mass is 35.5. The summed E-state index contributed by atoms with van der Waals surface area (Å²) in [5.41, 5.74) is 3.08. The maximum absolute atomic E-state index is 12.6. The molecule has 0 saturated carbocycles. The molecule has 1 atom stereocenters. The fraction of sp³-hybridized carbons (Fsp3) is 0.556. The second kappa shape index (κ2) is 11.0. The van der Waals surface area contributed by atoms with Gasteiger partial charge in [0.1, 0.15) is 0 Å². The summed E-state index contributed by atoms with van der Waals surface area (Å²) in [7, 11) is 0. The van der Waals surface area contributed by atoms with Gasteiger partial charge in [-0.3, -0.25) is 14.5 Å². The summed E-state index contributed by atoms with van der Waals surface area (Å²) in [5, 5.41) is 12.0. The molecule has 24 heavy (non-hydrogen) atoms. The number of anilines is 1. The molecule has 0 aliphatic carbocycles. The molecule has 2 N–H and O–H groups in total. The molecule has 1 rings (SSSR count). The number of nitrogens with one attached hydrogen (secondary N) is 1. The predicted molar refractivity (Wildman–Crippen MR) is 100 cm³/mol. The Morgan fingerprint density at radius 2 is 1.71 bits per heavy atom. The van der Waals surface area contributed by atoms with Crippen LogP contribution in [0.2, 0.25) is 0 Å². The number of aryl methyl sites for hydroxylation is 2. The Morgan fingerprint density at radius 1 is 1.17 bits per heavy atom. The van der Waals surface area contributed by atoms with Gasteiger partial charge in [-0.15, -0.1) is 12.4 Å². The average molecular weight is 357 g/mol. The van der Waals surface area contributed by atoms with Crippen molar-refractivity contribution in [1.82, 2.24) is 4.90 Å². The first-order chi connectivity index (χ1) is 10.9. The van der Waals surface area contributed by atoms with Crippen molar-refractivity contribution in [2.45, 2.75) is 53.0 Å². The van der Waals surface area contributed by atoms with Gasteiger partial charge in [-0.05, 0) is 43.9 Å². The lowest BCUT2D eigenvalue weighted by Gasteiger charge is -2.27. The molecule has 0 saturated heterocycles. The van der Waals surface area contributed by atoms with Gasteiger partial charge in [-0.2, -0.15) is 0 Å². The summed E-state index contributed by atoms with van der Waals surface area (Å²) >= 11 is 0. The molecule has 0 heterocycles. The van der Waals surface area contributed by atoms with Crippen LogP contribution in [-0.4, -0.2) is 41.0 Å². The number of benzene rings is 1. The van der Waals surface area contributed by atoms with E-state index in [-0.39, 0.29) is 24.9 Å². The van der Waals surface area contributed by atoms with Crippen molar-refractivity contribution in [1.29, 1.82) is 0 Å². The third kappa shape index (κ3) is 6.13. The summed E-state index contributed by atoms with van der Waals surface area (Å²) < 4.78 is 0. The Labute approximate surface area is 150 Å². The lowest BCUT2D eigenvalue weighted by atomic mass is 10.0. The van der Waals surface area contributed by atoms with E-state index in [9.17, 15) is 9.59 Å². The highest BCUT2D eigenvalue weighted by molar-refractivity contribution is 5.96. The smallest absolute Gasteiger partial charge is 0.317 e. The second-order valence-electron chi connectivity index (χ2n) is 5.69. The minimum atomic E-state index is -0.915. The highest BCUT2D eigenvalue weighted by Gasteiger charge is 2.23. The number of amides is 1. The first-order valence-corrected chi connectivity index (χ1v) is 8.31. The average Bonchev–Trinajstić information content (AvgIpc) is 2.53. The summed E-state index contributed by atoms with van der Waals surface area (Å²) in [6.45, 7) is 8.30. The van der Waals surface area contributed by atoms with Crippen LogP contribution in [0.5, 0.6) is 0 Å². The molecule has 0 fully saturated rings. The van der Waals surface area contributed by atoms with Crippen LogP contribution in [0.3, 0.4) is 0 Å². The SMILES string of the molecule is CCCN(CC(=O)O)C(C)C(=O)Nc1c(CC)cccc1CC.Cl. The monoisotopic (exact) mass is 356 g/mol. The van der Waals surface area contributed by atoms with Gasteiger partial charge in [-0.25, -0.2) is 0 Å². The minimum absolute atomic E-state index is 0. The number of carboxylic acids is 1. The maximum Gasteiger partial charge on any atom is 0.317 e. The Balaban J connectivity index is 0.00000529. The molecular weight excluding hydrogens is 328 g/mol. The largest absolute Gasteiger partial charge is 0.480 e. The molecule has 0 aliphatic heterocycles. The molecule has 0 aliphatic rings. The molecule has 0 aromatic heterocycles. The van der Waals surface area contributed by atoms with Crippen LogP contribution in [0.4, 0.5) is 5.69 Å². The first-order valence-electron chi connectivity index (χ1n) is 8.31. The zero-order valence-corrected chi connectivity index (χ0v) is 15.8. The highest BCUT2D eigenvalue weighted by Crippen LogP contribution is 2.23.